The van der Waals surface area contributed by atoms with Crippen molar-refractivity contribution >= 4 is 22.9 Å². The minimum Gasteiger partial charge on any atom is -0.384 e. The van der Waals surface area contributed by atoms with E-state index in [1.807, 2.05) is 17.0 Å². The lowest BCUT2D eigenvalue weighted by atomic mass is 10.1. The summed E-state index contributed by atoms with van der Waals surface area (Å²) in [5.74, 6) is 0.176. The van der Waals surface area contributed by atoms with Crippen molar-refractivity contribution in [2.45, 2.75) is 13.0 Å². The molecular formula is C18H21N3OS. The summed E-state index contributed by atoms with van der Waals surface area (Å²) in [7, 11) is 0. The first-order chi connectivity index (χ1) is 11.3. The second-order valence-electron chi connectivity index (χ2n) is 6.20. The van der Waals surface area contributed by atoms with Crippen molar-refractivity contribution in [1.82, 2.24) is 9.80 Å². The van der Waals surface area contributed by atoms with Gasteiger partial charge in [-0.25, -0.2) is 0 Å². The molecule has 1 saturated heterocycles. The van der Waals surface area contributed by atoms with E-state index in [9.17, 15) is 4.79 Å². The third kappa shape index (κ3) is 3.12. The quantitative estimate of drug-likeness (QED) is 0.941. The second-order valence-corrected chi connectivity index (χ2v) is 7.23. The number of amides is 1. The summed E-state index contributed by atoms with van der Waals surface area (Å²) in [5, 5.41) is 5.46. The van der Waals surface area contributed by atoms with E-state index in [2.05, 4.69) is 33.8 Å². The van der Waals surface area contributed by atoms with E-state index >= 15 is 0 Å². The maximum Gasteiger partial charge on any atom is 0.253 e. The van der Waals surface area contributed by atoms with Crippen molar-refractivity contribution in [3.8, 4) is 0 Å². The number of benzene rings is 1. The molecule has 1 aromatic carbocycles. The third-order valence-electron chi connectivity index (χ3n) is 4.68. The SMILES string of the molecule is O=C(c1ccc2c(c1)CCN2)N1CCN(Cc2cccs2)CC1. The van der Waals surface area contributed by atoms with Crippen molar-refractivity contribution < 1.29 is 4.79 Å². The van der Waals surface area contributed by atoms with Crippen LogP contribution in [0, 0.1) is 0 Å². The number of fused-ring (bicyclic) bond motifs is 1. The van der Waals surface area contributed by atoms with Gasteiger partial charge >= 0.3 is 0 Å². The molecule has 1 N–H and O–H groups in total. The monoisotopic (exact) mass is 327 g/mol. The van der Waals surface area contributed by atoms with Crippen LogP contribution in [-0.4, -0.2) is 48.4 Å². The molecule has 0 spiro atoms. The topological polar surface area (TPSA) is 35.6 Å². The highest BCUT2D eigenvalue weighted by Crippen LogP contribution is 2.24. The molecule has 1 aromatic heterocycles. The van der Waals surface area contributed by atoms with Gasteiger partial charge in [0.25, 0.3) is 5.91 Å². The molecule has 0 bridgehead atoms. The van der Waals surface area contributed by atoms with E-state index in [4.69, 9.17) is 0 Å². The molecular weight excluding hydrogens is 306 g/mol. The summed E-state index contributed by atoms with van der Waals surface area (Å²) in [4.78, 5) is 18.5. The van der Waals surface area contributed by atoms with Crippen LogP contribution in [0.25, 0.3) is 0 Å². The number of hydrogen-bond acceptors (Lipinski definition) is 4. The van der Waals surface area contributed by atoms with Crippen LogP contribution in [0.15, 0.2) is 35.7 Å². The van der Waals surface area contributed by atoms with Crippen molar-refractivity contribution in [3.63, 3.8) is 0 Å². The van der Waals surface area contributed by atoms with Gasteiger partial charge in [0.2, 0.25) is 0 Å². The van der Waals surface area contributed by atoms with Gasteiger partial charge in [-0.3, -0.25) is 9.69 Å². The smallest absolute Gasteiger partial charge is 0.253 e. The number of nitrogens with zero attached hydrogens (tertiary/aromatic N) is 2. The zero-order valence-corrected chi connectivity index (χ0v) is 13.9. The van der Waals surface area contributed by atoms with Crippen LogP contribution in [0.4, 0.5) is 5.69 Å². The van der Waals surface area contributed by atoms with Gasteiger partial charge in [-0.1, -0.05) is 6.07 Å². The number of hydrogen-bond donors (Lipinski definition) is 1. The summed E-state index contributed by atoms with van der Waals surface area (Å²) < 4.78 is 0. The summed E-state index contributed by atoms with van der Waals surface area (Å²) in [6, 6.07) is 10.3. The molecule has 4 rings (SSSR count). The van der Waals surface area contributed by atoms with Gasteiger partial charge in [0, 0.05) is 55.4 Å². The van der Waals surface area contributed by atoms with Gasteiger partial charge < -0.3 is 10.2 Å². The average Bonchev–Trinajstić information content (AvgIpc) is 3.25. The Bertz CT molecular complexity index is 690. The Morgan fingerprint density at radius 1 is 1.17 bits per heavy atom. The van der Waals surface area contributed by atoms with Gasteiger partial charge in [0.15, 0.2) is 0 Å². The summed E-state index contributed by atoms with van der Waals surface area (Å²) in [6.07, 6.45) is 1.02. The van der Waals surface area contributed by atoms with E-state index in [-0.39, 0.29) is 5.91 Å². The minimum absolute atomic E-state index is 0.176. The van der Waals surface area contributed by atoms with Gasteiger partial charge in [0.1, 0.15) is 0 Å². The maximum atomic E-state index is 12.7. The molecule has 2 aliphatic heterocycles. The lowest BCUT2D eigenvalue weighted by Crippen LogP contribution is -2.48. The molecule has 0 saturated carbocycles. The molecule has 3 heterocycles. The van der Waals surface area contributed by atoms with E-state index in [0.717, 1.165) is 51.3 Å². The number of thiophene rings is 1. The van der Waals surface area contributed by atoms with E-state index in [1.165, 1.54) is 16.1 Å². The van der Waals surface area contributed by atoms with Crippen LogP contribution in [-0.2, 0) is 13.0 Å². The number of piperazine rings is 1. The van der Waals surface area contributed by atoms with Crippen LogP contribution < -0.4 is 5.32 Å². The van der Waals surface area contributed by atoms with Crippen LogP contribution >= 0.6 is 11.3 Å². The van der Waals surface area contributed by atoms with E-state index in [0.29, 0.717) is 0 Å². The lowest BCUT2D eigenvalue weighted by molar-refractivity contribution is 0.0629. The zero-order valence-electron chi connectivity index (χ0n) is 13.1. The summed E-state index contributed by atoms with van der Waals surface area (Å²) in [5.41, 5.74) is 3.29. The third-order valence-corrected chi connectivity index (χ3v) is 5.54. The average molecular weight is 327 g/mol. The first-order valence-corrected chi connectivity index (χ1v) is 9.08. The zero-order chi connectivity index (χ0) is 15.6. The fourth-order valence-electron chi connectivity index (χ4n) is 3.35. The highest BCUT2D eigenvalue weighted by molar-refractivity contribution is 7.09. The van der Waals surface area contributed by atoms with Crippen LogP contribution in [0.3, 0.4) is 0 Å². The number of rotatable bonds is 3. The fourth-order valence-corrected chi connectivity index (χ4v) is 4.10. The van der Waals surface area contributed by atoms with E-state index in [1.54, 1.807) is 11.3 Å². The second kappa shape index (κ2) is 6.34. The molecule has 2 aliphatic rings. The Morgan fingerprint density at radius 3 is 2.83 bits per heavy atom. The summed E-state index contributed by atoms with van der Waals surface area (Å²) >= 11 is 1.80. The molecule has 0 radical (unpaired) electrons. The van der Waals surface area contributed by atoms with Gasteiger partial charge in [-0.05, 0) is 41.6 Å². The Morgan fingerprint density at radius 2 is 2.04 bits per heavy atom. The van der Waals surface area contributed by atoms with Crippen molar-refractivity contribution in [1.29, 1.82) is 0 Å². The molecule has 5 heteroatoms. The van der Waals surface area contributed by atoms with Crippen molar-refractivity contribution in [2.24, 2.45) is 0 Å². The largest absolute Gasteiger partial charge is 0.384 e. The van der Waals surface area contributed by atoms with Crippen molar-refractivity contribution in [2.75, 3.05) is 38.0 Å². The molecule has 4 nitrogen and oxygen atoms in total. The predicted octanol–water partition coefficient (Wildman–Crippen LogP) is 2.67. The Hall–Kier alpha value is -1.85. The number of nitrogens with one attached hydrogen (secondary N) is 1. The first-order valence-electron chi connectivity index (χ1n) is 8.20. The van der Waals surface area contributed by atoms with Crippen LogP contribution in [0.2, 0.25) is 0 Å². The number of carbonyl (C=O) groups excluding carboxylic acids is 1. The van der Waals surface area contributed by atoms with Crippen molar-refractivity contribution in [3.05, 3.63) is 51.7 Å². The Labute approximate surface area is 140 Å². The van der Waals surface area contributed by atoms with Gasteiger partial charge in [-0.15, -0.1) is 11.3 Å². The molecule has 0 unspecified atom stereocenters. The highest BCUT2D eigenvalue weighted by Gasteiger charge is 2.23. The maximum absolute atomic E-state index is 12.7. The Kier molecular flexibility index (Phi) is 4.06. The van der Waals surface area contributed by atoms with Crippen LogP contribution in [0.1, 0.15) is 20.8 Å². The molecule has 120 valence electrons. The van der Waals surface area contributed by atoms with Gasteiger partial charge in [-0.2, -0.15) is 0 Å². The highest BCUT2D eigenvalue weighted by atomic mass is 32.1. The fraction of sp³-hybridized carbons (Fsp3) is 0.389. The molecule has 1 fully saturated rings. The molecule has 23 heavy (non-hydrogen) atoms. The predicted molar refractivity (Wildman–Crippen MR) is 94.1 cm³/mol. The minimum atomic E-state index is 0.176. The molecule has 0 atom stereocenters. The van der Waals surface area contributed by atoms with Crippen LogP contribution in [0.5, 0.6) is 0 Å². The number of carbonyl (C=O) groups is 1. The summed E-state index contributed by atoms with van der Waals surface area (Å²) in [6.45, 7) is 5.53. The normalized spacial score (nSPS) is 17.8. The molecule has 0 aliphatic carbocycles. The lowest BCUT2D eigenvalue weighted by Gasteiger charge is -2.34. The van der Waals surface area contributed by atoms with E-state index < -0.39 is 0 Å². The Balaban J connectivity index is 1.37. The number of anilines is 1. The van der Waals surface area contributed by atoms with Gasteiger partial charge in [0.05, 0.1) is 0 Å². The molecule has 2 aromatic rings. The standard InChI is InChI=1S/C18H21N3OS/c22-18(15-3-4-17-14(12-15)5-6-19-17)21-9-7-20(8-10-21)13-16-2-1-11-23-16/h1-4,11-12,19H,5-10,13H2. The molecule has 1 amide bonds. The first kappa shape index (κ1) is 14.7.